The van der Waals surface area contributed by atoms with Crippen molar-refractivity contribution < 1.29 is 0 Å². The van der Waals surface area contributed by atoms with Gasteiger partial charge in [-0.3, -0.25) is 4.98 Å². The predicted molar refractivity (Wildman–Crippen MR) is 59.7 cm³/mol. The second-order valence-corrected chi connectivity index (χ2v) is 4.66. The first-order valence-corrected chi connectivity index (χ1v) is 5.98. The molecule has 2 fully saturated rings. The minimum Gasteiger partial charge on any atom is -0.352 e. The van der Waals surface area contributed by atoms with Crippen LogP contribution >= 0.6 is 0 Å². The topological polar surface area (TPSA) is 29.0 Å². The van der Waals surface area contributed by atoms with E-state index in [1.54, 1.807) is 12.4 Å². The monoisotopic (exact) mass is 203 g/mol. The molecule has 3 nitrogen and oxygen atoms in total. The summed E-state index contributed by atoms with van der Waals surface area (Å²) in [5.74, 6) is 1.99. The summed E-state index contributed by atoms with van der Waals surface area (Å²) in [5.41, 5.74) is 0. The molecule has 1 saturated carbocycles. The maximum Gasteiger partial charge on any atom is 0.147 e. The largest absolute Gasteiger partial charge is 0.352 e. The quantitative estimate of drug-likeness (QED) is 0.701. The number of rotatable bonds is 1. The van der Waals surface area contributed by atoms with Crippen molar-refractivity contribution in [3.8, 4) is 0 Å². The Morgan fingerprint density at radius 1 is 1.13 bits per heavy atom. The van der Waals surface area contributed by atoms with E-state index in [0.29, 0.717) is 0 Å². The van der Waals surface area contributed by atoms with Gasteiger partial charge in [0, 0.05) is 25.0 Å². The highest BCUT2D eigenvalue weighted by molar-refractivity contribution is 5.39. The third kappa shape index (κ3) is 1.60. The minimum atomic E-state index is 0.746. The lowest BCUT2D eigenvalue weighted by Gasteiger charge is -2.32. The Morgan fingerprint density at radius 3 is 2.93 bits per heavy atom. The van der Waals surface area contributed by atoms with Crippen LogP contribution < -0.4 is 4.90 Å². The Morgan fingerprint density at radius 2 is 2.07 bits per heavy atom. The first-order chi connectivity index (χ1) is 7.45. The molecule has 0 amide bonds. The van der Waals surface area contributed by atoms with Crippen molar-refractivity contribution in [1.82, 2.24) is 9.97 Å². The third-order valence-electron chi connectivity index (χ3n) is 3.85. The van der Waals surface area contributed by atoms with Crippen molar-refractivity contribution in [2.75, 3.05) is 11.4 Å². The zero-order valence-electron chi connectivity index (χ0n) is 8.97. The van der Waals surface area contributed by atoms with E-state index in [2.05, 4.69) is 14.9 Å². The lowest BCUT2D eigenvalue weighted by atomic mass is 9.85. The maximum absolute atomic E-state index is 4.42. The van der Waals surface area contributed by atoms with Gasteiger partial charge in [0.05, 0.1) is 6.20 Å². The summed E-state index contributed by atoms with van der Waals surface area (Å²) in [7, 11) is 0. The molecule has 0 bridgehead atoms. The zero-order valence-corrected chi connectivity index (χ0v) is 8.97. The minimum absolute atomic E-state index is 0.746. The Hall–Kier alpha value is -1.12. The smallest absolute Gasteiger partial charge is 0.147 e. The van der Waals surface area contributed by atoms with Crippen molar-refractivity contribution in [3.05, 3.63) is 18.6 Å². The van der Waals surface area contributed by atoms with E-state index in [4.69, 9.17) is 0 Å². The number of hydrogen-bond donors (Lipinski definition) is 0. The average Bonchev–Trinajstić information content (AvgIpc) is 2.74. The molecule has 3 heteroatoms. The highest BCUT2D eigenvalue weighted by atomic mass is 15.2. The molecule has 3 rings (SSSR count). The van der Waals surface area contributed by atoms with Crippen molar-refractivity contribution in [1.29, 1.82) is 0 Å². The Balaban J connectivity index is 1.82. The third-order valence-corrected chi connectivity index (χ3v) is 3.85. The molecule has 1 aromatic heterocycles. The van der Waals surface area contributed by atoms with E-state index in [-0.39, 0.29) is 0 Å². The van der Waals surface area contributed by atoms with Gasteiger partial charge in [-0.2, -0.15) is 0 Å². The summed E-state index contributed by atoms with van der Waals surface area (Å²) in [6.07, 6.45) is 12.4. The van der Waals surface area contributed by atoms with E-state index < -0.39 is 0 Å². The Bertz CT molecular complexity index is 325. The summed E-state index contributed by atoms with van der Waals surface area (Å²) >= 11 is 0. The van der Waals surface area contributed by atoms with Gasteiger partial charge in [0.1, 0.15) is 5.82 Å². The number of nitrogens with zero attached hydrogens (tertiary/aromatic N) is 3. The van der Waals surface area contributed by atoms with Gasteiger partial charge in [-0.25, -0.2) is 4.98 Å². The fourth-order valence-corrected chi connectivity index (χ4v) is 3.13. The van der Waals surface area contributed by atoms with Crippen LogP contribution in [0.15, 0.2) is 18.6 Å². The van der Waals surface area contributed by atoms with Gasteiger partial charge in [0.25, 0.3) is 0 Å². The zero-order chi connectivity index (χ0) is 10.1. The molecule has 0 spiro atoms. The molecule has 1 saturated heterocycles. The standard InChI is InChI=1S/C12H17N3/c1-2-4-11-10(3-1)5-8-15(11)12-9-13-6-7-14-12/h6-7,9-11H,1-5,8H2/t10-,11+/m0/s1. The van der Waals surface area contributed by atoms with Crippen LogP contribution in [0.25, 0.3) is 0 Å². The molecule has 0 aromatic carbocycles. The van der Waals surface area contributed by atoms with Crippen LogP contribution in [0.3, 0.4) is 0 Å². The fraction of sp³-hybridized carbons (Fsp3) is 0.667. The lowest BCUT2D eigenvalue weighted by Crippen LogP contribution is -2.35. The average molecular weight is 203 g/mol. The van der Waals surface area contributed by atoms with Crippen LogP contribution in [0.5, 0.6) is 0 Å². The molecule has 1 aliphatic heterocycles. The first-order valence-electron chi connectivity index (χ1n) is 5.98. The molecular formula is C12H17N3. The number of anilines is 1. The molecule has 1 aliphatic carbocycles. The highest BCUT2D eigenvalue weighted by Gasteiger charge is 2.36. The summed E-state index contributed by atoms with van der Waals surface area (Å²) in [5, 5.41) is 0. The number of aromatic nitrogens is 2. The summed E-state index contributed by atoms with van der Waals surface area (Å²) in [6, 6.07) is 0.746. The summed E-state index contributed by atoms with van der Waals surface area (Å²) < 4.78 is 0. The molecule has 2 aliphatic rings. The molecule has 15 heavy (non-hydrogen) atoms. The van der Waals surface area contributed by atoms with E-state index in [9.17, 15) is 0 Å². The second-order valence-electron chi connectivity index (χ2n) is 4.66. The Labute approximate surface area is 90.5 Å². The van der Waals surface area contributed by atoms with Crippen molar-refractivity contribution >= 4 is 5.82 Å². The molecule has 2 atom stereocenters. The van der Waals surface area contributed by atoms with Crippen molar-refractivity contribution in [2.24, 2.45) is 5.92 Å². The van der Waals surface area contributed by atoms with Crippen LogP contribution in [0.4, 0.5) is 5.82 Å². The van der Waals surface area contributed by atoms with Gasteiger partial charge >= 0.3 is 0 Å². The first kappa shape index (κ1) is 9.13. The van der Waals surface area contributed by atoms with Gasteiger partial charge in [-0.05, 0) is 25.2 Å². The normalized spacial score (nSPS) is 30.3. The fourth-order valence-electron chi connectivity index (χ4n) is 3.13. The van der Waals surface area contributed by atoms with E-state index >= 15 is 0 Å². The molecule has 0 unspecified atom stereocenters. The van der Waals surface area contributed by atoms with Crippen molar-refractivity contribution in [2.45, 2.75) is 38.1 Å². The number of fused-ring (bicyclic) bond motifs is 1. The molecule has 1 aromatic rings. The molecule has 0 radical (unpaired) electrons. The highest BCUT2D eigenvalue weighted by Crippen LogP contribution is 2.37. The van der Waals surface area contributed by atoms with Gasteiger partial charge in [0.15, 0.2) is 0 Å². The van der Waals surface area contributed by atoms with E-state index in [0.717, 1.165) is 17.8 Å². The van der Waals surface area contributed by atoms with Crippen LogP contribution in [0.1, 0.15) is 32.1 Å². The lowest BCUT2D eigenvalue weighted by molar-refractivity contribution is 0.341. The van der Waals surface area contributed by atoms with E-state index in [1.165, 1.54) is 38.6 Å². The molecule has 80 valence electrons. The predicted octanol–water partition coefficient (Wildman–Crippen LogP) is 2.25. The van der Waals surface area contributed by atoms with Gasteiger partial charge in [-0.1, -0.05) is 12.8 Å². The van der Waals surface area contributed by atoms with Gasteiger partial charge < -0.3 is 4.90 Å². The van der Waals surface area contributed by atoms with Crippen LogP contribution in [-0.2, 0) is 0 Å². The van der Waals surface area contributed by atoms with Gasteiger partial charge in [-0.15, -0.1) is 0 Å². The van der Waals surface area contributed by atoms with Gasteiger partial charge in [0.2, 0.25) is 0 Å². The number of hydrogen-bond acceptors (Lipinski definition) is 3. The Kier molecular flexibility index (Phi) is 2.31. The van der Waals surface area contributed by atoms with Crippen LogP contribution in [0.2, 0.25) is 0 Å². The SMILES string of the molecule is c1cnc(N2CC[C@@H]3CCCC[C@H]32)cn1. The summed E-state index contributed by atoms with van der Waals surface area (Å²) in [6.45, 7) is 1.17. The van der Waals surface area contributed by atoms with E-state index in [1.807, 2.05) is 6.20 Å². The van der Waals surface area contributed by atoms with Crippen LogP contribution in [-0.4, -0.2) is 22.6 Å². The molecular weight excluding hydrogens is 186 g/mol. The molecule has 0 N–H and O–H groups in total. The molecule has 2 heterocycles. The van der Waals surface area contributed by atoms with Crippen LogP contribution in [0, 0.1) is 5.92 Å². The van der Waals surface area contributed by atoms with Crippen molar-refractivity contribution in [3.63, 3.8) is 0 Å². The summed E-state index contributed by atoms with van der Waals surface area (Å²) in [4.78, 5) is 11.0. The second kappa shape index (κ2) is 3.80. The maximum atomic E-state index is 4.42.